The van der Waals surface area contributed by atoms with Gasteiger partial charge in [-0.3, -0.25) is 4.79 Å². The summed E-state index contributed by atoms with van der Waals surface area (Å²) in [5.41, 5.74) is 2.74. The van der Waals surface area contributed by atoms with Crippen LogP contribution in [0.5, 0.6) is 11.5 Å². The number of nitrogens with zero attached hydrogens (tertiary/aromatic N) is 1. The molecule has 7 nitrogen and oxygen atoms in total. The van der Waals surface area contributed by atoms with E-state index in [1.165, 1.54) is 0 Å². The minimum Gasteiger partial charge on any atom is -0.493 e. The highest BCUT2D eigenvalue weighted by Crippen LogP contribution is 2.51. The molecule has 1 fully saturated rings. The Morgan fingerprint density at radius 3 is 2.75 bits per heavy atom. The second kappa shape index (κ2) is 8.60. The Morgan fingerprint density at radius 2 is 2.06 bits per heavy atom. The van der Waals surface area contributed by atoms with Gasteiger partial charge in [0.05, 0.1) is 19.8 Å². The molecule has 32 heavy (non-hydrogen) atoms. The normalized spacial score (nSPS) is 23.7. The number of thiocarbonyl (C=S) groups is 1. The molecule has 2 aliphatic heterocycles. The zero-order valence-electron chi connectivity index (χ0n) is 19.0. The van der Waals surface area contributed by atoms with E-state index in [4.69, 9.17) is 26.4 Å². The number of rotatable bonds is 6. The second-order valence-electron chi connectivity index (χ2n) is 8.39. The van der Waals surface area contributed by atoms with Crippen molar-refractivity contribution in [3.05, 3.63) is 53.1 Å². The Labute approximate surface area is 194 Å². The van der Waals surface area contributed by atoms with Gasteiger partial charge in [-0.05, 0) is 50.7 Å². The van der Waals surface area contributed by atoms with Crippen molar-refractivity contribution in [1.82, 2.24) is 10.2 Å². The number of ether oxygens (including phenoxy) is 3. The summed E-state index contributed by atoms with van der Waals surface area (Å²) >= 11 is 5.68. The molecular weight excluding hydrogens is 426 g/mol. The lowest BCUT2D eigenvalue weighted by Gasteiger charge is -2.56. The first kappa shape index (κ1) is 22.4. The van der Waals surface area contributed by atoms with Crippen LogP contribution in [0.2, 0.25) is 0 Å². The number of hydrogen-bond donors (Lipinski definition) is 2. The molecule has 3 atom stereocenters. The molecule has 0 radical (unpaired) electrons. The summed E-state index contributed by atoms with van der Waals surface area (Å²) < 4.78 is 17.4. The number of aryl methyl sites for hydroxylation is 2. The first-order valence-electron chi connectivity index (χ1n) is 10.6. The van der Waals surface area contributed by atoms with Crippen LogP contribution in [0.1, 0.15) is 29.7 Å². The van der Waals surface area contributed by atoms with Gasteiger partial charge in [-0.1, -0.05) is 29.8 Å². The molecule has 0 saturated carbocycles. The van der Waals surface area contributed by atoms with Crippen LogP contribution in [-0.4, -0.2) is 49.0 Å². The summed E-state index contributed by atoms with van der Waals surface area (Å²) in [6, 6.07) is 11.3. The van der Waals surface area contributed by atoms with E-state index in [2.05, 4.69) is 10.6 Å². The van der Waals surface area contributed by atoms with Gasteiger partial charge in [-0.25, -0.2) is 0 Å². The lowest BCUT2D eigenvalue weighted by atomic mass is 9.78. The van der Waals surface area contributed by atoms with Crippen LogP contribution in [0.15, 0.2) is 36.4 Å². The lowest BCUT2D eigenvalue weighted by Crippen LogP contribution is -2.72. The topological polar surface area (TPSA) is 72.1 Å². The summed E-state index contributed by atoms with van der Waals surface area (Å²) in [6.45, 7) is 6.84. The number of carbonyl (C=O) groups is 1. The van der Waals surface area contributed by atoms with Crippen LogP contribution in [0.4, 0.5) is 5.69 Å². The fraction of sp³-hybridized carbons (Fsp3) is 0.417. The molecule has 0 aliphatic carbocycles. The maximum absolute atomic E-state index is 13.8. The van der Waals surface area contributed by atoms with Gasteiger partial charge in [-0.2, -0.15) is 0 Å². The molecule has 1 saturated heterocycles. The molecule has 1 amide bonds. The first-order chi connectivity index (χ1) is 15.3. The predicted molar refractivity (Wildman–Crippen MR) is 127 cm³/mol. The fourth-order valence-corrected chi connectivity index (χ4v) is 5.07. The van der Waals surface area contributed by atoms with Gasteiger partial charge >= 0.3 is 0 Å². The van der Waals surface area contributed by atoms with Crippen molar-refractivity contribution in [3.8, 4) is 11.5 Å². The second-order valence-corrected chi connectivity index (χ2v) is 8.78. The van der Waals surface area contributed by atoms with Gasteiger partial charge in [0.1, 0.15) is 5.92 Å². The highest BCUT2D eigenvalue weighted by atomic mass is 32.1. The summed E-state index contributed by atoms with van der Waals surface area (Å²) in [5, 5.41) is 7.03. The molecule has 0 aromatic heterocycles. The molecule has 0 spiro atoms. The SMILES string of the molecule is COCCN1C(=S)NC2c3cccc(OC)c3OC1(C)C2C(=O)Nc1ccc(C)cc1C. The Kier molecular flexibility index (Phi) is 6.01. The number of methoxy groups -OCH3 is 2. The number of fused-ring (bicyclic) bond motifs is 4. The highest BCUT2D eigenvalue weighted by molar-refractivity contribution is 7.80. The molecule has 2 N–H and O–H groups in total. The Balaban J connectivity index is 1.78. The van der Waals surface area contributed by atoms with Crippen LogP contribution < -0.4 is 20.1 Å². The van der Waals surface area contributed by atoms with E-state index in [0.717, 1.165) is 22.4 Å². The van der Waals surface area contributed by atoms with Crippen molar-refractivity contribution in [2.24, 2.45) is 5.92 Å². The Morgan fingerprint density at radius 1 is 1.28 bits per heavy atom. The van der Waals surface area contributed by atoms with Gasteiger partial charge in [0.15, 0.2) is 22.3 Å². The number of para-hydroxylation sites is 1. The summed E-state index contributed by atoms with van der Waals surface area (Å²) in [4.78, 5) is 15.6. The largest absolute Gasteiger partial charge is 0.493 e. The third-order valence-electron chi connectivity index (χ3n) is 6.28. The first-order valence-corrected chi connectivity index (χ1v) is 11.0. The number of anilines is 1. The van der Waals surface area contributed by atoms with Crippen LogP contribution in [0, 0.1) is 19.8 Å². The molecule has 2 aromatic rings. The molecule has 2 heterocycles. The highest BCUT2D eigenvalue weighted by Gasteiger charge is 2.59. The Bertz CT molecular complexity index is 1060. The van der Waals surface area contributed by atoms with E-state index in [0.29, 0.717) is 29.8 Å². The maximum atomic E-state index is 13.8. The number of amides is 1. The third-order valence-corrected chi connectivity index (χ3v) is 6.62. The number of carbonyl (C=O) groups excluding carboxylic acids is 1. The standard InChI is InChI=1S/C24H29N3O4S/c1-14-9-10-17(15(2)13-14)25-22(28)19-20-16-7-6-8-18(30-5)21(16)31-24(19,3)27(11-12-29-4)23(32)26-20/h6-10,13,19-20H,11-12H2,1-5H3,(H,25,28)(H,26,32). The molecule has 2 bridgehead atoms. The van der Waals surface area contributed by atoms with Crippen LogP contribution >= 0.6 is 12.2 Å². The fourth-order valence-electron chi connectivity index (χ4n) is 4.67. The van der Waals surface area contributed by atoms with Crippen LogP contribution in [0.3, 0.4) is 0 Å². The van der Waals surface area contributed by atoms with Gasteiger partial charge in [0, 0.05) is 24.9 Å². The molecular formula is C24H29N3O4S. The van der Waals surface area contributed by atoms with Crippen molar-refractivity contribution < 1.29 is 19.0 Å². The van der Waals surface area contributed by atoms with Crippen molar-refractivity contribution >= 4 is 28.9 Å². The zero-order valence-corrected chi connectivity index (χ0v) is 19.8. The molecule has 3 unspecified atom stereocenters. The van der Waals surface area contributed by atoms with Gasteiger partial charge in [-0.15, -0.1) is 0 Å². The average Bonchev–Trinajstić information content (AvgIpc) is 2.74. The average molecular weight is 456 g/mol. The molecule has 170 valence electrons. The van der Waals surface area contributed by atoms with E-state index in [-0.39, 0.29) is 11.9 Å². The van der Waals surface area contributed by atoms with Crippen molar-refractivity contribution in [2.45, 2.75) is 32.5 Å². The van der Waals surface area contributed by atoms with Crippen LogP contribution in [0.25, 0.3) is 0 Å². The van der Waals surface area contributed by atoms with E-state index in [1.807, 2.05) is 62.1 Å². The Hall–Kier alpha value is -2.84. The molecule has 8 heteroatoms. The van der Waals surface area contributed by atoms with E-state index in [1.54, 1.807) is 14.2 Å². The van der Waals surface area contributed by atoms with E-state index in [9.17, 15) is 4.79 Å². The molecule has 2 aromatic carbocycles. The van der Waals surface area contributed by atoms with Crippen molar-refractivity contribution in [2.75, 3.05) is 32.7 Å². The van der Waals surface area contributed by atoms with Crippen molar-refractivity contribution in [1.29, 1.82) is 0 Å². The smallest absolute Gasteiger partial charge is 0.236 e. The van der Waals surface area contributed by atoms with Crippen molar-refractivity contribution in [3.63, 3.8) is 0 Å². The van der Waals surface area contributed by atoms with E-state index >= 15 is 0 Å². The predicted octanol–water partition coefficient (Wildman–Crippen LogP) is 3.55. The number of nitrogens with one attached hydrogen (secondary N) is 2. The van der Waals surface area contributed by atoms with E-state index < -0.39 is 11.6 Å². The number of benzene rings is 2. The summed E-state index contributed by atoms with van der Waals surface area (Å²) in [6.07, 6.45) is 0. The molecule has 2 aliphatic rings. The van der Waals surface area contributed by atoms with Gasteiger partial charge in [0.2, 0.25) is 5.91 Å². The summed E-state index contributed by atoms with van der Waals surface area (Å²) in [5.74, 6) is 0.519. The van der Waals surface area contributed by atoms with Crippen LogP contribution in [-0.2, 0) is 9.53 Å². The van der Waals surface area contributed by atoms with Gasteiger partial charge < -0.3 is 29.7 Å². The summed E-state index contributed by atoms with van der Waals surface area (Å²) in [7, 11) is 3.24. The minimum absolute atomic E-state index is 0.143. The minimum atomic E-state index is -1.03. The zero-order chi connectivity index (χ0) is 23.0. The monoisotopic (exact) mass is 455 g/mol. The van der Waals surface area contributed by atoms with Gasteiger partial charge in [0.25, 0.3) is 0 Å². The number of hydrogen-bond acceptors (Lipinski definition) is 5. The maximum Gasteiger partial charge on any atom is 0.236 e. The molecule has 4 rings (SSSR count). The third kappa shape index (κ3) is 3.67. The quantitative estimate of drug-likeness (QED) is 0.646. The lowest BCUT2D eigenvalue weighted by molar-refractivity contribution is -0.150.